The molecular formula is C8H4Cl4O. The molecule has 0 saturated heterocycles. The van der Waals surface area contributed by atoms with E-state index >= 15 is 0 Å². The molecule has 0 fully saturated rings. The van der Waals surface area contributed by atoms with Crippen LogP contribution in [0.15, 0.2) is 18.2 Å². The molecular weight excluding hydrogens is 254 g/mol. The van der Waals surface area contributed by atoms with E-state index in [0.29, 0.717) is 15.6 Å². The van der Waals surface area contributed by atoms with Crippen LogP contribution in [0.1, 0.15) is 10.4 Å². The summed E-state index contributed by atoms with van der Waals surface area (Å²) in [7, 11) is 0. The Morgan fingerprint density at radius 2 is 1.77 bits per heavy atom. The number of hydrogen-bond donors (Lipinski definition) is 0. The van der Waals surface area contributed by atoms with Gasteiger partial charge >= 0.3 is 0 Å². The van der Waals surface area contributed by atoms with Crippen molar-refractivity contribution in [1.82, 2.24) is 0 Å². The van der Waals surface area contributed by atoms with Gasteiger partial charge in [0.05, 0.1) is 10.0 Å². The van der Waals surface area contributed by atoms with E-state index in [9.17, 15) is 4.79 Å². The van der Waals surface area contributed by atoms with E-state index in [1.165, 1.54) is 18.2 Å². The Balaban J connectivity index is 3.04. The van der Waals surface area contributed by atoms with Crippen LogP contribution >= 0.6 is 46.4 Å². The van der Waals surface area contributed by atoms with E-state index in [1.807, 2.05) is 0 Å². The molecule has 0 amide bonds. The number of alkyl halides is 2. The standard InChI is InChI=1S/C8H4Cl4O/c9-5-2-1-4(3-6(5)10)7(13)8(11)12/h1-3,8H. The molecule has 1 nitrogen and oxygen atoms in total. The molecule has 1 aromatic rings. The van der Waals surface area contributed by atoms with Crippen LogP contribution in [0.3, 0.4) is 0 Å². The summed E-state index contributed by atoms with van der Waals surface area (Å²) < 4.78 is 0. The Bertz CT molecular complexity index is 335. The molecule has 1 aromatic carbocycles. The first-order valence-corrected chi connectivity index (χ1v) is 4.92. The van der Waals surface area contributed by atoms with Crippen LogP contribution in [0, 0.1) is 0 Å². The minimum Gasteiger partial charge on any atom is -0.291 e. The van der Waals surface area contributed by atoms with Crippen molar-refractivity contribution < 1.29 is 4.79 Å². The molecule has 1 rings (SSSR count). The van der Waals surface area contributed by atoms with Crippen LogP contribution < -0.4 is 0 Å². The summed E-state index contributed by atoms with van der Waals surface area (Å²) in [5, 5.41) is 0.695. The van der Waals surface area contributed by atoms with E-state index in [2.05, 4.69) is 0 Å². The summed E-state index contributed by atoms with van der Waals surface area (Å²) in [5.41, 5.74) is 0.351. The van der Waals surface area contributed by atoms with Crippen LogP contribution in [-0.4, -0.2) is 10.6 Å². The summed E-state index contributed by atoms with van der Waals surface area (Å²) in [6.07, 6.45) is 0. The number of benzene rings is 1. The summed E-state index contributed by atoms with van der Waals surface area (Å²) in [6.45, 7) is 0. The Kier molecular flexibility index (Phi) is 3.87. The van der Waals surface area contributed by atoms with E-state index in [-0.39, 0.29) is 5.78 Å². The molecule has 0 atom stereocenters. The highest BCUT2D eigenvalue weighted by Crippen LogP contribution is 2.24. The SMILES string of the molecule is O=C(c1ccc(Cl)c(Cl)c1)C(Cl)Cl. The Morgan fingerprint density at radius 3 is 2.23 bits per heavy atom. The first-order chi connectivity index (χ1) is 6.02. The number of ketones is 1. The van der Waals surface area contributed by atoms with Gasteiger partial charge in [0, 0.05) is 5.56 Å². The molecule has 13 heavy (non-hydrogen) atoms. The molecule has 0 aliphatic heterocycles. The van der Waals surface area contributed by atoms with Gasteiger partial charge in [0.2, 0.25) is 0 Å². The molecule has 0 spiro atoms. The summed E-state index contributed by atoms with van der Waals surface area (Å²) in [5.74, 6) is -0.387. The van der Waals surface area contributed by atoms with Gasteiger partial charge in [-0.3, -0.25) is 4.79 Å². The van der Waals surface area contributed by atoms with Gasteiger partial charge in [-0.1, -0.05) is 46.4 Å². The predicted octanol–water partition coefficient (Wildman–Crippen LogP) is 3.98. The van der Waals surface area contributed by atoms with E-state index < -0.39 is 4.84 Å². The molecule has 0 heterocycles. The second kappa shape index (κ2) is 4.52. The summed E-state index contributed by atoms with van der Waals surface area (Å²) in [6, 6.07) is 4.48. The van der Waals surface area contributed by atoms with Crippen molar-refractivity contribution in [3.05, 3.63) is 33.8 Å². The zero-order valence-corrected chi connectivity index (χ0v) is 9.25. The van der Waals surface area contributed by atoms with Crippen molar-refractivity contribution >= 4 is 52.2 Å². The third-order valence-electron chi connectivity index (χ3n) is 1.40. The number of hydrogen-bond acceptors (Lipinski definition) is 1. The molecule has 0 aromatic heterocycles. The van der Waals surface area contributed by atoms with Crippen LogP contribution in [0.4, 0.5) is 0 Å². The molecule has 0 radical (unpaired) electrons. The van der Waals surface area contributed by atoms with Crippen LogP contribution in [-0.2, 0) is 0 Å². The lowest BCUT2D eigenvalue weighted by Crippen LogP contribution is -2.07. The highest BCUT2D eigenvalue weighted by molar-refractivity contribution is 6.55. The van der Waals surface area contributed by atoms with Gasteiger partial charge in [-0.25, -0.2) is 0 Å². The quantitative estimate of drug-likeness (QED) is 0.579. The molecule has 5 heteroatoms. The minimum absolute atomic E-state index is 0.307. The lowest BCUT2D eigenvalue weighted by molar-refractivity contribution is 0.101. The second-order valence-corrected chi connectivity index (χ2v) is 4.20. The van der Waals surface area contributed by atoms with Crippen LogP contribution in [0.2, 0.25) is 10.0 Å². The van der Waals surface area contributed by atoms with Gasteiger partial charge in [0.25, 0.3) is 0 Å². The lowest BCUT2D eigenvalue weighted by atomic mass is 10.1. The summed E-state index contributed by atoms with van der Waals surface area (Å²) >= 11 is 22.1. The van der Waals surface area contributed by atoms with Gasteiger partial charge < -0.3 is 0 Å². The Morgan fingerprint density at radius 1 is 1.15 bits per heavy atom. The molecule has 70 valence electrons. The van der Waals surface area contributed by atoms with Crippen molar-refractivity contribution in [2.24, 2.45) is 0 Å². The minimum atomic E-state index is -1.07. The third kappa shape index (κ3) is 2.75. The number of halogens is 4. The van der Waals surface area contributed by atoms with Crippen molar-refractivity contribution in [3.63, 3.8) is 0 Å². The highest BCUT2D eigenvalue weighted by atomic mass is 35.5. The fraction of sp³-hybridized carbons (Fsp3) is 0.125. The predicted molar refractivity (Wildman–Crippen MR) is 56.3 cm³/mol. The number of Topliss-reactive ketones (excluding diaryl/α,β-unsaturated/α-hetero) is 1. The van der Waals surface area contributed by atoms with Crippen molar-refractivity contribution in [2.75, 3.05) is 0 Å². The van der Waals surface area contributed by atoms with Crippen molar-refractivity contribution in [2.45, 2.75) is 4.84 Å². The maximum Gasteiger partial charge on any atom is 0.195 e. The van der Waals surface area contributed by atoms with E-state index in [4.69, 9.17) is 46.4 Å². The second-order valence-electron chi connectivity index (χ2n) is 2.29. The zero-order chi connectivity index (χ0) is 10.0. The van der Waals surface area contributed by atoms with Gasteiger partial charge in [-0.15, -0.1) is 0 Å². The van der Waals surface area contributed by atoms with Gasteiger partial charge in [-0.2, -0.15) is 0 Å². The molecule has 0 aliphatic rings. The lowest BCUT2D eigenvalue weighted by Gasteiger charge is -2.02. The average Bonchev–Trinajstić information content (AvgIpc) is 2.08. The Hall–Kier alpha value is 0.0500. The smallest absolute Gasteiger partial charge is 0.195 e. The molecule has 0 N–H and O–H groups in total. The molecule has 0 bridgehead atoms. The molecule has 0 unspecified atom stereocenters. The fourth-order valence-corrected chi connectivity index (χ4v) is 1.33. The maximum absolute atomic E-state index is 11.2. The first kappa shape index (κ1) is 11.1. The van der Waals surface area contributed by atoms with Crippen molar-refractivity contribution in [1.29, 1.82) is 0 Å². The largest absolute Gasteiger partial charge is 0.291 e. The normalized spacial score (nSPS) is 10.5. The average molecular weight is 258 g/mol. The van der Waals surface area contributed by atoms with E-state index in [1.54, 1.807) is 0 Å². The fourth-order valence-electron chi connectivity index (χ4n) is 0.775. The molecule has 0 aliphatic carbocycles. The molecule has 0 saturated carbocycles. The van der Waals surface area contributed by atoms with Crippen LogP contribution in [0.5, 0.6) is 0 Å². The first-order valence-electron chi connectivity index (χ1n) is 3.30. The van der Waals surface area contributed by atoms with Gasteiger partial charge in [0.15, 0.2) is 10.6 Å². The highest BCUT2D eigenvalue weighted by Gasteiger charge is 2.14. The van der Waals surface area contributed by atoms with Crippen molar-refractivity contribution in [3.8, 4) is 0 Å². The maximum atomic E-state index is 11.2. The monoisotopic (exact) mass is 256 g/mol. The number of carbonyl (C=O) groups is 1. The number of rotatable bonds is 2. The van der Waals surface area contributed by atoms with Gasteiger partial charge in [0.1, 0.15) is 0 Å². The van der Waals surface area contributed by atoms with E-state index in [0.717, 1.165) is 0 Å². The van der Waals surface area contributed by atoms with Gasteiger partial charge in [-0.05, 0) is 18.2 Å². The van der Waals surface area contributed by atoms with Crippen LogP contribution in [0.25, 0.3) is 0 Å². The third-order valence-corrected chi connectivity index (χ3v) is 2.54. The Labute approximate surface area is 95.5 Å². The number of carbonyl (C=O) groups excluding carboxylic acids is 1. The topological polar surface area (TPSA) is 17.1 Å². The summed E-state index contributed by atoms with van der Waals surface area (Å²) in [4.78, 5) is 10.2. The zero-order valence-electron chi connectivity index (χ0n) is 6.23.